The van der Waals surface area contributed by atoms with Gasteiger partial charge in [-0.25, -0.2) is 0 Å². The lowest BCUT2D eigenvalue weighted by atomic mass is 10.0. The van der Waals surface area contributed by atoms with Crippen molar-refractivity contribution in [3.05, 3.63) is 55.7 Å². The Labute approximate surface area is 138 Å². The molecule has 0 unspecified atom stereocenters. The van der Waals surface area contributed by atoms with Crippen LogP contribution in [-0.4, -0.2) is 5.91 Å². The Bertz CT molecular complexity index is 700. The number of hydrogen-bond donors (Lipinski definition) is 1. The van der Waals surface area contributed by atoms with Crippen molar-refractivity contribution in [2.45, 2.75) is 19.1 Å². The summed E-state index contributed by atoms with van der Waals surface area (Å²) in [6.45, 7) is 1.59. The van der Waals surface area contributed by atoms with Gasteiger partial charge in [0.2, 0.25) is 0 Å². The summed E-state index contributed by atoms with van der Waals surface area (Å²) in [5.74, 6) is -0.488. The molecule has 0 fully saturated rings. The van der Waals surface area contributed by atoms with Crippen LogP contribution in [0.3, 0.4) is 0 Å². The number of thiophene rings is 1. The molecule has 0 bridgehead atoms. The number of halogens is 5. The van der Waals surface area contributed by atoms with Gasteiger partial charge >= 0.3 is 6.18 Å². The van der Waals surface area contributed by atoms with Gasteiger partial charge in [-0.2, -0.15) is 13.2 Å². The van der Waals surface area contributed by atoms with E-state index in [2.05, 4.69) is 5.32 Å². The minimum Gasteiger partial charge on any atom is -0.345 e. The predicted octanol–water partition coefficient (Wildman–Crippen LogP) is 5.56. The van der Waals surface area contributed by atoms with Crippen LogP contribution in [0.25, 0.3) is 0 Å². The third-order valence-corrected chi connectivity index (χ3v) is 4.45. The summed E-state index contributed by atoms with van der Waals surface area (Å²) in [7, 11) is 0. The van der Waals surface area contributed by atoms with Gasteiger partial charge in [0, 0.05) is 0 Å². The summed E-state index contributed by atoms with van der Waals surface area (Å²) in [4.78, 5) is 12.1. The van der Waals surface area contributed by atoms with E-state index in [0.717, 1.165) is 23.5 Å². The van der Waals surface area contributed by atoms with Crippen LogP contribution in [0.4, 0.5) is 13.2 Å². The second-order valence-corrected chi connectivity index (χ2v) is 6.84. The zero-order chi connectivity index (χ0) is 16.5. The number of amides is 1. The summed E-state index contributed by atoms with van der Waals surface area (Å²) in [5.41, 5.74) is -0.209. The van der Waals surface area contributed by atoms with E-state index in [4.69, 9.17) is 23.2 Å². The Kier molecular flexibility index (Phi) is 5.04. The van der Waals surface area contributed by atoms with Crippen LogP contribution >= 0.6 is 34.5 Å². The van der Waals surface area contributed by atoms with Crippen molar-refractivity contribution < 1.29 is 18.0 Å². The number of alkyl halides is 3. The van der Waals surface area contributed by atoms with Gasteiger partial charge < -0.3 is 5.32 Å². The fourth-order valence-corrected chi connectivity index (χ4v) is 3.30. The molecule has 22 heavy (non-hydrogen) atoms. The molecule has 1 aromatic carbocycles. The van der Waals surface area contributed by atoms with E-state index in [1.165, 1.54) is 18.2 Å². The van der Waals surface area contributed by atoms with E-state index in [9.17, 15) is 18.0 Å². The van der Waals surface area contributed by atoms with Crippen molar-refractivity contribution >= 4 is 40.4 Å². The normalized spacial score (nSPS) is 13.0. The molecule has 118 valence electrons. The maximum Gasteiger partial charge on any atom is 0.416 e. The number of carbonyl (C=O) groups excluding carboxylic acids is 1. The number of hydrogen-bond acceptors (Lipinski definition) is 2. The highest BCUT2D eigenvalue weighted by atomic mass is 35.5. The first-order valence-corrected chi connectivity index (χ1v) is 7.68. The summed E-state index contributed by atoms with van der Waals surface area (Å²) >= 11 is 12.7. The lowest BCUT2D eigenvalue weighted by molar-refractivity contribution is -0.137. The van der Waals surface area contributed by atoms with Crippen LogP contribution in [0.5, 0.6) is 0 Å². The second kappa shape index (κ2) is 6.48. The second-order valence-electron chi connectivity index (χ2n) is 4.56. The molecular weight excluding hydrogens is 358 g/mol. The lowest BCUT2D eigenvalue weighted by Gasteiger charge is -2.16. The van der Waals surface area contributed by atoms with E-state index in [1.54, 1.807) is 6.92 Å². The van der Waals surface area contributed by atoms with Crippen LogP contribution in [0.2, 0.25) is 8.67 Å². The van der Waals surface area contributed by atoms with Crippen molar-refractivity contribution in [2.24, 2.45) is 0 Å². The lowest BCUT2D eigenvalue weighted by Crippen LogP contribution is -2.26. The molecule has 1 N–H and O–H groups in total. The Morgan fingerprint density at radius 1 is 1.27 bits per heavy atom. The van der Waals surface area contributed by atoms with Gasteiger partial charge in [-0.1, -0.05) is 35.3 Å². The maximum atomic E-state index is 12.7. The molecule has 8 heteroatoms. The highest BCUT2D eigenvalue weighted by Gasteiger charge is 2.30. The minimum absolute atomic E-state index is 0.204. The molecule has 0 saturated carbocycles. The molecule has 0 aliphatic carbocycles. The summed E-state index contributed by atoms with van der Waals surface area (Å²) < 4.78 is 38.7. The van der Waals surface area contributed by atoms with E-state index < -0.39 is 23.7 Å². The minimum atomic E-state index is -4.43. The smallest absolute Gasteiger partial charge is 0.345 e. The molecule has 2 nitrogen and oxygen atoms in total. The van der Waals surface area contributed by atoms with E-state index in [1.807, 2.05) is 0 Å². The molecular formula is C14H10Cl2F3NOS. The van der Waals surface area contributed by atoms with Gasteiger partial charge in [0.05, 0.1) is 21.5 Å². The Hall–Kier alpha value is -1.24. The van der Waals surface area contributed by atoms with Gasteiger partial charge in [-0.05, 0) is 30.7 Å². The summed E-state index contributed by atoms with van der Waals surface area (Å²) in [6, 6.07) is 5.62. The van der Waals surface area contributed by atoms with Gasteiger partial charge in [0.15, 0.2) is 0 Å². The molecule has 2 rings (SSSR count). The van der Waals surface area contributed by atoms with Gasteiger partial charge in [-0.15, -0.1) is 11.3 Å². The van der Waals surface area contributed by atoms with Crippen LogP contribution < -0.4 is 5.32 Å². The zero-order valence-electron chi connectivity index (χ0n) is 11.2. The molecule has 1 atom stereocenters. The Morgan fingerprint density at radius 3 is 2.50 bits per heavy atom. The van der Waals surface area contributed by atoms with E-state index >= 15 is 0 Å². The average Bonchev–Trinajstić information content (AvgIpc) is 2.77. The Balaban J connectivity index is 2.17. The maximum absolute atomic E-state index is 12.7. The van der Waals surface area contributed by atoms with Crippen molar-refractivity contribution in [3.63, 3.8) is 0 Å². The molecule has 1 aromatic heterocycles. The zero-order valence-corrected chi connectivity index (χ0v) is 13.5. The number of carbonyl (C=O) groups is 1. The SMILES string of the molecule is C[C@@H](NC(=O)c1cc(Cl)sc1Cl)c1cccc(C(F)(F)F)c1. The highest BCUT2D eigenvalue weighted by Crippen LogP contribution is 2.32. The van der Waals surface area contributed by atoms with Crippen LogP contribution in [-0.2, 0) is 6.18 Å². The largest absolute Gasteiger partial charge is 0.416 e. The average molecular weight is 368 g/mol. The predicted molar refractivity (Wildman–Crippen MR) is 81.7 cm³/mol. The fraction of sp³-hybridized carbons (Fsp3) is 0.214. The number of nitrogens with one attached hydrogen (secondary N) is 1. The third kappa shape index (κ3) is 3.94. The Morgan fingerprint density at radius 2 is 1.95 bits per heavy atom. The highest BCUT2D eigenvalue weighted by molar-refractivity contribution is 7.20. The third-order valence-electron chi connectivity index (χ3n) is 2.96. The van der Waals surface area contributed by atoms with Crippen molar-refractivity contribution in [1.29, 1.82) is 0 Å². The summed E-state index contributed by atoms with van der Waals surface area (Å²) in [6.07, 6.45) is -4.43. The fourth-order valence-electron chi connectivity index (χ4n) is 1.84. The molecule has 0 saturated heterocycles. The summed E-state index contributed by atoms with van der Waals surface area (Å²) in [5, 5.41) is 2.60. The van der Waals surface area contributed by atoms with Crippen molar-refractivity contribution in [2.75, 3.05) is 0 Å². The standard InChI is InChI=1S/C14H10Cl2F3NOS/c1-7(8-3-2-4-9(5-8)14(17,18)19)20-13(21)10-6-11(15)22-12(10)16/h2-7H,1H3,(H,20,21)/t7-/m1/s1. The van der Waals surface area contributed by atoms with Gasteiger partial charge in [0.25, 0.3) is 5.91 Å². The molecule has 0 aliphatic heterocycles. The topological polar surface area (TPSA) is 29.1 Å². The number of rotatable bonds is 3. The van der Waals surface area contributed by atoms with Gasteiger partial charge in [0.1, 0.15) is 4.34 Å². The first-order chi connectivity index (χ1) is 10.2. The number of benzene rings is 1. The molecule has 0 aliphatic rings. The van der Waals surface area contributed by atoms with Crippen LogP contribution in [0.1, 0.15) is 34.5 Å². The molecule has 0 radical (unpaired) electrons. The van der Waals surface area contributed by atoms with Crippen LogP contribution in [0, 0.1) is 0 Å². The van der Waals surface area contributed by atoms with Crippen LogP contribution in [0.15, 0.2) is 30.3 Å². The first kappa shape index (κ1) is 17.1. The van der Waals surface area contributed by atoms with Crippen molar-refractivity contribution in [1.82, 2.24) is 5.32 Å². The first-order valence-electron chi connectivity index (χ1n) is 6.11. The van der Waals surface area contributed by atoms with E-state index in [-0.39, 0.29) is 9.90 Å². The molecule has 1 heterocycles. The van der Waals surface area contributed by atoms with Gasteiger partial charge in [-0.3, -0.25) is 4.79 Å². The molecule has 1 amide bonds. The van der Waals surface area contributed by atoms with E-state index in [0.29, 0.717) is 9.90 Å². The van der Waals surface area contributed by atoms with Crippen molar-refractivity contribution in [3.8, 4) is 0 Å². The molecule has 2 aromatic rings. The quantitative estimate of drug-likeness (QED) is 0.755. The monoisotopic (exact) mass is 367 g/mol. The molecule has 0 spiro atoms.